The molecule has 2 atom stereocenters. The van der Waals surface area contributed by atoms with Crippen LogP contribution in [-0.2, 0) is 19.1 Å². The molecule has 0 amide bonds. The maximum atomic E-state index is 12.6. The van der Waals surface area contributed by atoms with Gasteiger partial charge in [0.1, 0.15) is 0 Å². The molecule has 0 N–H and O–H groups in total. The van der Waals surface area contributed by atoms with Crippen molar-refractivity contribution in [2.45, 2.75) is 60.8 Å². The molecule has 5 heteroatoms. The van der Waals surface area contributed by atoms with Gasteiger partial charge in [-0.2, -0.15) is 5.26 Å². The van der Waals surface area contributed by atoms with Crippen LogP contribution in [-0.4, -0.2) is 25.2 Å². The van der Waals surface area contributed by atoms with Gasteiger partial charge >= 0.3 is 11.9 Å². The van der Waals surface area contributed by atoms with Crippen molar-refractivity contribution < 1.29 is 19.1 Å². The molecule has 0 aliphatic rings. The van der Waals surface area contributed by atoms with Crippen molar-refractivity contribution >= 4 is 11.9 Å². The largest absolute Gasteiger partial charge is 0.466 e. The van der Waals surface area contributed by atoms with Crippen LogP contribution in [0.25, 0.3) is 0 Å². The van der Waals surface area contributed by atoms with E-state index >= 15 is 0 Å². The van der Waals surface area contributed by atoms with Crippen molar-refractivity contribution in [3.8, 4) is 6.07 Å². The van der Waals surface area contributed by atoms with Crippen molar-refractivity contribution in [2.75, 3.05) is 13.2 Å². The van der Waals surface area contributed by atoms with Crippen molar-refractivity contribution in [3.05, 3.63) is 0 Å². The van der Waals surface area contributed by atoms with E-state index in [0.29, 0.717) is 25.2 Å². The Bertz CT molecular complexity index is 425. The highest BCUT2D eigenvalue weighted by Gasteiger charge is 2.51. The third kappa shape index (κ3) is 6.21. The molecule has 0 fully saturated rings. The van der Waals surface area contributed by atoms with E-state index in [1.807, 2.05) is 27.7 Å². The van der Waals surface area contributed by atoms with E-state index in [9.17, 15) is 14.9 Å². The molecule has 0 radical (unpaired) electrons. The first-order valence-corrected chi connectivity index (χ1v) is 8.50. The monoisotopic (exact) mass is 325 g/mol. The number of rotatable bonds is 10. The molecule has 5 nitrogen and oxygen atoms in total. The lowest BCUT2D eigenvalue weighted by atomic mass is 9.69. The smallest absolute Gasteiger partial charge is 0.327 e. The third-order valence-corrected chi connectivity index (χ3v) is 3.83. The molecule has 0 rings (SSSR count). The maximum absolute atomic E-state index is 12.6. The summed E-state index contributed by atoms with van der Waals surface area (Å²) in [6.45, 7) is 11.8. The molecule has 0 aromatic heterocycles. The first-order chi connectivity index (χ1) is 10.7. The molecule has 0 aromatic carbocycles. The molecule has 2 unspecified atom stereocenters. The average Bonchev–Trinajstić information content (AvgIpc) is 2.47. The van der Waals surface area contributed by atoms with Crippen LogP contribution in [0.1, 0.15) is 60.8 Å². The second-order valence-corrected chi connectivity index (χ2v) is 6.67. The third-order valence-electron chi connectivity index (χ3n) is 3.83. The Labute approximate surface area is 140 Å². The second-order valence-electron chi connectivity index (χ2n) is 6.67. The summed E-state index contributed by atoms with van der Waals surface area (Å²) in [6.07, 6.45) is 1.39. The van der Waals surface area contributed by atoms with E-state index in [0.717, 1.165) is 0 Å². The molecule has 0 aromatic rings. The minimum Gasteiger partial charge on any atom is -0.466 e. The van der Waals surface area contributed by atoms with Gasteiger partial charge in [0.2, 0.25) is 0 Å². The van der Waals surface area contributed by atoms with Crippen molar-refractivity contribution in [2.24, 2.45) is 23.2 Å². The van der Waals surface area contributed by atoms with Crippen molar-refractivity contribution in [1.29, 1.82) is 5.26 Å². The number of ether oxygens (including phenoxy) is 2. The maximum Gasteiger partial charge on any atom is 0.327 e. The summed E-state index contributed by atoms with van der Waals surface area (Å²) in [5, 5.41) is 9.83. The van der Waals surface area contributed by atoms with E-state index in [2.05, 4.69) is 6.07 Å². The minimum absolute atomic E-state index is 0.158. The van der Waals surface area contributed by atoms with Crippen LogP contribution in [0.5, 0.6) is 0 Å². The zero-order chi connectivity index (χ0) is 18.0. The van der Waals surface area contributed by atoms with Gasteiger partial charge in [0.25, 0.3) is 0 Å². The quantitative estimate of drug-likeness (QED) is 0.572. The standard InChI is InChI=1S/C18H31NO4/c1-7-22-16(20)15(11-14(5)6)18(12-19,10-9-13(3)4)17(21)23-8-2/h13-15H,7-11H2,1-6H3. The highest BCUT2D eigenvalue weighted by atomic mass is 16.5. The zero-order valence-corrected chi connectivity index (χ0v) is 15.3. The van der Waals surface area contributed by atoms with Crippen LogP contribution in [0.4, 0.5) is 0 Å². The summed E-state index contributed by atoms with van der Waals surface area (Å²) in [4.78, 5) is 25.0. The fourth-order valence-corrected chi connectivity index (χ4v) is 2.59. The topological polar surface area (TPSA) is 76.4 Å². The molecule has 0 aliphatic heterocycles. The summed E-state index contributed by atoms with van der Waals surface area (Å²) in [5.41, 5.74) is -1.48. The molecule has 0 aliphatic carbocycles. The van der Waals surface area contributed by atoms with Crippen molar-refractivity contribution in [1.82, 2.24) is 0 Å². The summed E-state index contributed by atoms with van der Waals surface area (Å²) in [5.74, 6) is -1.42. The van der Waals surface area contributed by atoms with Crippen LogP contribution in [0.3, 0.4) is 0 Å². The molecule has 0 spiro atoms. The first-order valence-electron chi connectivity index (χ1n) is 8.50. The molecule has 0 heterocycles. The SMILES string of the molecule is CCOC(=O)C(CC(C)C)C(C#N)(CCC(C)C)C(=O)OCC. The number of hydrogen-bond donors (Lipinski definition) is 0. The molecule has 132 valence electrons. The Morgan fingerprint density at radius 1 is 1.04 bits per heavy atom. The minimum atomic E-state index is -1.48. The van der Waals surface area contributed by atoms with E-state index in [-0.39, 0.29) is 19.1 Å². The number of esters is 2. The molecule has 23 heavy (non-hydrogen) atoms. The Morgan fingerprint density at radius 3 is 2.00 bits per heavy atom. The summed E-state index contributed by atoms with van der Waals surface area (Å²) in [7, 11) is 0. The average molecular weight is 325 g/mol. The van der Waals surface area contributed by atoms with Gasteiger partial charge in [-0.25, -0.2) is 0 Å². The molecular formula is C18H31NO4. The van der Waals surface area contributed by atoms with E-state index < -0.39 is 23.3 Å². The zero-order valence-electron chi connectivity index (χ0n) is 15.3. The van der Waals surface area contributed by atoms with Crippen LogP contribution in [0.2, 0.25) is 0 Å². The van der Waals surface area contributed by atoms with Gasteiger partial charge in [-0.1, -0.05) is 27.7 Å². The molecule has 0 saturated heterocycles. The highest BCUT2D eigenvalue weighted by Crippen LogP contribution is 2.40. The van der Waals surface area contributed by atoms with E-state index in [4.69, 9.17) is 9.47 Å². The predicted molar refractivity (Wildman–Crippen MR) is 88.3 cm³/mol. The van der Waals surface area contributed by atoms with Gasteiger partial charge in [0, 0.05) is 0 Å². The van der Waals surface area contributed by atoms with Gasteiger partial charge in [0.15, 0.2) is 5.41 Å². The van der Waals surface area contributed by atoms with Gasteiger partial charge in [0.05, 0.1) is 25.2 Å². The predicted octanol–water partition coefficient (Wildman–Crippen LogP) is 3.72. The fourth-order valence-electron chi connectivity index (χ4n) is 2.59. The summed E-state index contributed by atoms with van der Waals surface area (Å²) in [6, 6.07) is 2.12. The van der Waals surface area contributed by atoms with Gasteiger partial charge in [-0.05, 0) is 44.9 Å². The lowest BCUT2D eigenvalue weighted by Crippen LogP contribution is -2.44. The highest BCUT2D eigenvalue weighted by molar-refractivity contribution is 5.88. The Balaban J connectivity index is 5.81. The normalized spacial score (nSPS) is 14.9. The fraction of sp³-hybridized carbons (Fsp3) is 0.833. The number of nitrogens with zero attached hydrogens (tertiary/aromatic N) is 1. The number of nitriles is 1. The van der Waals surface area contributed by atoms with Crippen molar-refractivity contribution in [3.63, 3.8) is 0 Å². The summed E-state index contributed by atoms with van der Waals surface area (Å²) < 4.78 is 10.3. The van der Waals surface area contributed by atoms with Crippen LogP contribution >= 0.6 is 0 Å². The second kappa shape index (κ2) is 10.3. The number of carbonyl (C=O) groups is 2. The van der Waals surface area contributed by atoms with E-state index in [1.165, 1.54) is 0 Å². The summed E-state index contributed by atoms with van der Waals surface area (Å²) >= 11 is 0. The van der Waals surface area contributed by atoms with Crippen LogP contribution in [0, 0.1) is 34.5 Å². The molecule has 0 bridgehead atoms. The van der Waals surface area contributed by atoms with E-state index in [1.54, 1.807) is 13.8 Å². The molecule has 0 saturated carbocycles. The number of carbonyl (C=O) groups excluding carboxylic acids is 2. The lowest BCUT2D eigenvalue weighted by Gasteiger charge is -2.32. The number of hydrogen-bond acceptors (Lipinski definition) is 5. The Morgan fingerprint density at radius 2 is 1.61 bits per heavy atom. The van der Waals surface area contributed by atoms with Gasteiger partial charge in [-0.3, -0.25) is 9.59 Å². The van der Waals surface area contributed by atoms with Gasteiger partial charge in [-0.15, -0.1) is 0 Å². The Hall–Kier alpha value is -1.57. The van der Waals surface area contributed by atoms with Crippen LogP contribution in [0.15, 0.2) is 0 Å². The van der Waals surface area contributed by atoms with Gasteiger partial charge < -0.3 is 9.47 Å². The molecular weight excluding hydrogens is 294 g/mol. The Kier molecular flexibility index (Phi) is 9.55. The lowest BCUT2D eigenvalue weighted by molar-refractivity contribution is -0.166. The van der Waals surface area contributed by atoms with Crippen LogP contribution < -0.4 is 0 Å². The first kappa shape index (κ1) is 21.4.